The Morgan fingerprint density at radius 2 is 2.22 bits per heavy atom. The minimum atomic E-state index is -1.16. The van der Waals surface area contributed by atoms with E-state index in [1.807, 2.05) is 0 Å². The summed E-state index contributed by atoms with van der Waals surface area (Å²) in [7, 11) is 0. The van der Waals surface area contributed by atoms with E-state index in [9.17, 15) is 9.90 Å². The molecule has 1 aromatic carbocycles. The summed E-state index contributed by atoms with van der Waals surface area (Å²) in [5, 5.41) is 13.1. The van der Waals surface area contributed by atoms with E-state index in [-0.39, 0.29) is 6.10 Å². The van der Waals surface area contributed by atoms with Crippen LogP contribution >= 0.6 is 11.6 Å². The molecule has 1 heterocycles. The largest absolute Gasteiger partial charge is 0.378 e. The van der Waals surface area contributed by atoms with Crippen LogP contribution in [-0.4, -0.2) is 30.3 Å². The smallest absolute Gasteiger partial charge is 0.253 e. The Balaban J connectivity index is 1.85. The maximum Gasteiger partial charge on any atom is 0.253 e. The number of carbonyl (C=O) groups is 1. The van der Waals surface area contributed by atoms with Gasteiger partial charge in [0, 0.05) is 18.2 Å². The summed E-state index contributed by atoms with van der Waals surface area (Å²) in [6.45, 7) is 1.20. The second-order valence-electron chi connectivity index (χ2n) is 4.33. The second-order valence-corrected chi connectivity index (χ2v) is 4.77. The molecule has 0 radical (unpaired) electrons. The topological polar surface area (TPSA) is 58.6 Å². The Hall–Kier alpha value is -1.10. The van der Waals surface area contributed by atoms with E-state index in [0.29, 0.717) is 17.1 Å². The van der Waals surface area contributed by atoms with Crippen LogP contribution in [0.5, 0.6) is 0 Å². The minimum absolute atomic E-state index is 0.0753. The molecule has 0 saturated carbocycles. The first-order valence-corrected chi connectivity index (χ1v) is 6.37. The Morgan fingerprint density at radius 3 is 2.83 bits per heavy atom. The van der Waals surface area contributed by atoms with Crippen molar-refractivity contribution in [3.05, 3.63) is 34.9 Å². The number of benzene rings is 1. The van der Waals surface area contributed by atoms with Crippen molar-refractivity contribution in [3.63, 3.8) is 0 Å². The quantitative estimate of drug-likeness (QED) is 0.874. The molecule has 1 saturated heterocycles. The van der Waals surface area contributed by atoms with Crippen LogP contribution in [0.1, 0.15) is 24.5 Å². The standard InChI is InChI=1S/C13H16ClNO3/c14-10-5-3-9(4-6-10)12(16)13(17)15-8-11-2-1-7-18-11/h3-6,11-12,16H,1-2,7-8H2,(H,15,17). The first-order chi connectivity index (χ1) is 8.66. The average molecular weight is 270 g/mol. The molecule has 1 fully saturated rings. The fourth-order valence-corrected chi connectivity index (χ4v) is 2.04. The van der Waals surface area contributed by atoms with Crippen molar-refractivity contribution >= 4 is 17.5 Å². The Labute approximate surface area is 111 Å². The van der Waals surface area contributed by atoms with E-state index in [1.165, 1.54) is 0 Å². The summed E-state index contributed by atoms with van der Waals surface area (Å²) in [6.07, 6.45) is 0.896. The normalized spacial score (nSPS) is 20.7. The molecule has 2 unspecified atom stereocenters. The fraction of sp³-hybridized carbons (Fsp3) is 0.462. The molecular weight excluding hydrogens is 254 g/mol. The predicted octanol–water partition coefficient (Wildman–Crippen LogP) is 1.67. The highest BCUT2D eigenvalue weighted by Crippen LogP contribution is 2.17. The molecule has 2 rings (SSSR count). The van der Waals surface area contributed by atoms with Gasteiger partial charge in [0.1, 0.15) is 0 Å². The number of ether oxygens (including phenoxy) is 1. The maximum atomic E-state index is 11.7. The van der Waals surface area contributed by atoms with Crippen molar-refractivity contribution in [1.29, 1.82) is 0 Å². The number of aliphatic hydroxyl groups is 1. The number of carbonyl (C=O) groups excluding carboxylic acids is 1. The molecule has 1 aromatic rings. The van der Waals surface area contributed by atoms with E-state index >= 15 is 0 Å². The van der Waals surface area contributed by atoms with Crippen molar-refractivity contribution < 1.29 is 14.6 Å². The lowest BCUT2D eigenvalue weighted by atomic mass is 10.1. The third-order valence-corrected chi connectivity index (χ3v) is 3.21. The van der Waals surface area contributed by atoms with Gasteiger partial charge in [0.2, 0.25) is 0 Å². The van der Waals surface area contributed by atoms with Gasteiger partial charge in [0.15, 0.2) is 6.10 Å². The Bertz CT molecular complexity index is 401. The third kappa shape index (κ3) is 3.45. The molecule has 1 aliphatic rings. The van der Waals surface area contributed by atoms with Crippen LogP contribution < -0.4 is 5.32 Å². The molecule has 98 valence electrons. The molecule has 0 spiro atoms. The molecule has 2 N–H and O–H groups in total. The molecular formula is C13H16ClNO3. The second kappa shape index (κ2) is 6.18. The van der Waals surface area contributed by atoms with E-state index in [1.54, 1.807) is 24.3 Å². The molecule has 0 bridgehead atoms. The van der Waals surface area contributed by atoms with Gasteiger partial charge in [-0.1, -0.05) is 23.7 Å². The van der Waals surface area contributed by atoms with Gasteiger partial charge in [-0.15, -0.1) is 0 Å². The minimum Gasteiger partial charge on any atom is -0.378 e. The van der Waals surface area contributed by atoms with Gasteiger partial charge in [-0.3, -0.25) is 4.79 Å². The Kier molecular flexibility index (Phi) is 4.58. The maximum absolute atomic E-state index is 11.7. The molecule has 1 amide bonds. The molecule has 5 heteroatoms. The summed E-state index contributed by atoms with van der Waals surface area (Å²) in [6, 6.07) is 6.57. The van der Waals surface area contributed by atoms with Crippen molar-refractivity contribution in [2.45, 2.75) is 25.0 Å². The van der Waals surface area contributed by atoms with Crippen LogP contribution in [0.2, 0.25) is 5.02 Å². The highest BCUT2D eigenvalue weighted by molar-refractivity contribution is 6.30. The SMILES string of the molecule is O=C(NCC1CCCO1)C(O)c1ccc(Cl)cc1. The van der Waals surface area contributed by atoms with Crippen LogP contribution in [0.25, 0.3) is 0 Å². The number of halogens is 1. The fourth-order valence-electron chi connectivity index (χ4n) is 1.91. The first-order valence-electron chi connectivity index (χ1n) is 5.99. The van der Waals surface area contributed by atoms with Gasteiger partial charge in [0.05, 0.1) is 6.10 Å². The molecule has 2 atom stereocenters. The molecule has 4 nitrogen and oxygen atoms in total. The predicted molar refractivity (Wildman–Crippen MR) is 68.4 cm³/mol. The highest BCUT2D eigenvalue weighted by Gasteiger charge is 2.20. The summed E-state index contributed by atoms with van der Waals surface area (Å²) < 4.78 is 5.39. The summed E-state index contributed by atoms with van der Waals surface area (Å²) >= 11 is 5.74. The average Bonchev–Trinajstić information content (AvgIpc) is 2.89. The summed E-state index contributed by atoms with van der Waals surface area (Å²) in [5.74, 6) is -0.409. The van der Waals surface area contributed by atoms with E-state index in [2.05, 4.69) is 5.32 Å². The van der Waals surface area contributed by atoms with Crippen molar-refractivity contribution in [1.82, 2.24) is 5.32 Å². The number of aliphatic hydroxyl groups excluding tert-OH is 1. The van der Waals surface area contributed by atoms with Gasteiger partial charge in [-0.2, -0.15) is 0 Å². The van der Waals surface area contributed by atoms with Gasteiger partial charge in [-0.05, 0) is 30.5 Å². The van der Waals surface area contributed by atoms with Crippen molar-refractivity contribution in [2.75, 3.05) is 13.2 Å². The molecule has 0 aromatic heterocycles. The lowest BCUT2D eigenvalue weighted by Crippen LogP contribution is -2.35. The lowest BCUT2D eigenvalue weighted by molar-refractivity contribution is -0.130. The molecule has 0 aliphatic carbocycles. The zero-order valence-electron chi connectivity index (χ0n) is 9.93. The summed E-state index contributed by atoms with van der Waals surface area (Å²) in [4.78, 5) is 11.7. The van der Waals surface area contributed by atoms with E-state index < -0.39 is 12.0 Å². The first kappa shape index (κ1) is 13.3. The Morgan fingerprint density at radius 1 is 1.50 bits per heavy atom. The van der Waals surface area contributed by atoms with Crippen LogP contribution in [0.4, 0.5) is 0 Å². The van der Waals surface area contributed by atoms with Crippen molar-refractivity contribution in [3.8, 4) is 0 Å². The van der Waals surface area contributed by atoms with Gasteiger partial charge in [-0.25, -0.2) is 0 Å². The van der Waals surface area contributed by atoms with Gasteiger partial charge in [0.25, 0.3) is 5.91 Å². The van der Waals surface area contributed by atoms with Gasteiger partial charge < -0.3 is 15.2 Å². The number of hydrogen-bond acceptors (Lipinski definition) is 3. The number of amides is 1. The van der Waals surface area contributed by atoms with Crippen LogP contribution in [-0.2, 0) is 9.53 Å². The summed E-state index contributed by atoms with van der Waals surface area (Å²) in [5.41, 5.74) is 0.532. The zero-order valence-corrected chi connectivity index (χ0v) is 10.7. The van der Waals surface area contributed by atoms with Crippen LogP contribution in [0.15, 0.2) is 24.3 Å². The third-order valence-electron chi connectivity index (χ3n) is 2.96. The van der Waals surface area contributed by atoms with E-state index in [0.717, 1.165) is 19.4 Å². The number of rotatable bonds is 4. The van der Waals surface area contributed by atoms with Crippen molar-refractivity contribution in [2.24, 2.45) is 0 Å². The molecule has 18 heavy (non-hydrogen) atoms. The number of nitrogens with one attached hydrogen (secondary N) is 1. The number of hydrogen-bond donors (Lipinski definition) is 2. The van der Waals surface area contributed by atoms with E-state index in [4.69, 9.17) is 16.3 Å². The lowest BCUT2D eigenvalue weighted by Gasteiger charge is -2.14. The molecule has 1 aliphatic heterocycles. The van der Waals surface area contributed by atoms with Crippen LogP contribution in [0.3, 0.4) is 0 Å². The van der Waals surface area contributed by atoms with Crippen LogP contribution in [0, 0.1) is 0 Å². The monoisotopic (exact) mass is 269 g/mol. The highest BCUT2D eigenvalue weighted by atomic mass is 35.5. The van der Waals surface area contributed by atoms with Gasteiger partial charge >= 0.3 is 0 Å². The zero-order chi connectivity index (χ0) is 13.0.